The summed E-state index contributed by atoms with van der Waals surface area (Å²) in [6.45, 7) is 1.12. The Bertz CT molecular complexity index is 907. The monoisotopic (exact) mass is 401 g/mol. The predicted molar refractivity (Wildman–Crippen MR) is 110 cm³/mol. The number of hydrogen-bond donors (Lipinski definition) is 2. The number of ether oxygens (including phenoxy) is 1. The third-order valence-corrected chi connectivity index (χ3v) is 4.31. The number of para-hydroxylation sites is 2. The van der Waals surface area contributed by atoms with Crippen LogP contribution in [0.4, 0.5) is 8.78 Å². The first-order chi connectivity index (χ1) is 14.0. The van der Waals surface area contributed by atoms with Crippen LogP contribution in [0.2, 0.25) is 0 Å². The van der Waals surface area contributed by atoms with Gasteiger partial charge in [0.15, 0.2) is 5.96 Å². The molecule has 2 N–H and O–H groups in total. The van der Waals surface area contributed by atoms with Crippen molar-refractivity contribution in [1.29, 1.82) is 0 Å². The molecule has 0 atom stereocenters. The van der Waals surface area contributed by atoms with Crippen LogP contribution in [0.15, 0.2) is 53.5 Å². The van der Waals surface area contributed by atoms with Gasteiger partial charge in [0, 0.05) is 33.1 Å². The summed E-state index contributed by atoms with van der Waals surface area (Å²) in [4.78, 5) is 14.6. The number of halogens is 2. The van der Waals surface area contributed by atoms with Crippen molar-refractivity contribution in [3.63, 3.8) is 0 Å². The van der Waals surface area contributed by atoms with Crippen molar-refractivity contribution < 1.29 is 13.5 Å². The van der Waals surface area contributed by atoms with E-state index in [1.165, 1.54) is 0 Å². The summed E-state index contributed by atoms with van der Waals surface area (Å²) < 4.78 is 28.9. The maximum absolute atomic E-state index is 12.3. The normalized spacial score (nSPS) is 11.8. The fraction of sp³-hybridized carbons (Fsp3) is 0.333. The number of hydrogen-bond acceptors (Lipinski definition) is 3. The first-order valence-corrected chi connectivity index (χ1v) is 9.52. The molecule has 3 rings (SSSR count). The van der Waals surface area contributed by atoms with E-state index in [0.717, 1.165) is 34.9 Å². The second kappa shape index (κ2) is 9.86. The molecule has 8 heteroatoms. The Kier molecular flexibility index (Phi) is 6.99. The summed E-state index contributed by atoms with van der Waals surface area (Å²) in [7, 11) is 1.94. The van der Waals surface area contributed by atoms with E-state index in [1.807, 2.05) is 43.1 Å². The molecule has 0 amide bonds. The minimum atomic E-state index is -2.82. The second-order valence-electron chi connectivity index (χ2n) is 6.56. The highest BCUT2D eigenvalue weighted by Gasteiger charge is 2.09. The zero-order valence-electron chi connectivity index (χ0n) is 16.5. The number of H-pyrrole nitrogens is 1. The number of benzene rings is 2. The largest absolute Gasteiger partial charge is 0.435 e. The standard InChI is InChI=1S/C21H25F2N5O/c1-3-24-21(25-13-12-19-26-17-6-4-5-7-18(17)27-19)28(2)14-15-8-10-16(11-9-15)29-20(22)23/h4-11,20H,3,12-14H2,1-2H3,(H,24,25)(H,26,27). The Morgan fingerprint density at radius 3 is 2.66 bits per heavy atom. The van der Waals surface area contributed by atoms with Gasteiger partial charge in [-0.05, 0) is 36.8 Å². The van der Waals surface area contributed by atoms with Crippen molar-refractivity contribution in [3.8, 4) is 5.75 Å². The Morgan fingerprint density at radius 1 is 1.21 bits per heavy atom. The fourth-order valence-corrected chi connectivity index (χ4v) is 2.99. The minimum absolute atomic E-state index is 0.151. The summed E-state index contributed by atoms with van der Waals surface area (Å²) in [6, 6.07) is 14.6. The van der Waals surface area contributed by atoms with Crippen LogP contribution in [-0.2, 0) is 13.0 Å². The van der Waals surface area contributed by atoms with Crippen LogP contribution >= 0.6 is 0 Å². The van der Waals surface area contributed by atoms with Crippen LogP contribution in [0.25, 0.3) is 11.0 Å². The quantitative estimate of drug-likeness (QED) is 0.445. The molecular formula is C21H25F2N5O. The number of aromatic amines is 1. The van der Waals surface area contributed by atoms with Gasteiger partial charge in [-0.2, -0.15) is 8.78 Å². The minimum Gasteiger partial charge on any atom is -0.435 e. The van der Waals surface area contributed by atoms with Crippen molar-refractivity contribution in [2.75, 3.05) is 20.1 Å². The molecule has 0 aliphatic rings. The topological polar surface area (TPSA) is 65.5 Å². The summed E-state index contributed by atoms with van der Waals surface area (Å²) in [5.74, 6) is 1.83. The number of aromatic nitrogens is 2. The molecule has 0 radical (unpaired) electrons. The van der Waals surface area contributed by atoms with Gasteiger partial charge in [-0.3, -0.25) is 4.99 Å². The first kappa shape index (κ1) is 20.6. The molecule has 29 heavy (non-hydrogen) atoms. The van der Waals surface area contributed by atoms with Crippen molar-refractivity contribution >= 4 is 17.0 Å². The molecule has 0 saturated carbocycles. The van der Waals surface area contributed by atoms with Gasteiger partial charge in [0.1, 0.15) is 11.6 Å². The predicted octanol–water partition coefficient (Wildman–Crippen LogP) is 3.80. The van der Waals surface area contributed by atoms with Crippen LogP contribution in [0.5, 0.6) is 5.75 Å². The van der Waals surface area contributed by atoms with Crippen molar-refractivity contribution in [2.24, 2.45) is 4.99 Å². The third kappa shape index (κ3) is 5.91. The lowest BCUT2D eigenvalue weighted by Gasteiger charge is -2.22. The molecule has 2 aromatic carbocycles. The molecule has 6 nitrogen and oxygen atoms in total. The Balaban J connectivity index is 1.59. The molecular weight excluding hydrogens is 376 g/mol. The van der Waals surface area contributed by atoms with Crippen molar-refractivity contribution in [3.05, 3.63) is 59.9 Å². The van der Waals surface area contributed by atoms with Gasteiger partial charge in [0.2, 0.25) is 0 Å². The fourth-order valence-electron chi connectivity index (χ4n) is 2.99. The van der Waals surface area contributed by atoms with E-state index in [0.29, 0.717) is 19.5 Å². The van der Waals surface area contributed by atoms with E-state index in [-0.39, 0.29) is 5.75 Å². The van der Waals surface area contributed by atoms with Gasteiger partial charge in [-0.15, -0.1) is 0 Å². The van der Waals surface area contributed by atoms with Crippen LogP contribution < -0.4 is 10.1 Å². The molecule has 0 bridgehead atoms. The molecule has 1 heterocycles. The van der Waals surface area contributed by atoms with E-state index in [2.05, 4.69) is 25.0 Å². The smallest absolute Gasteiger partial charge is 0.387 e. The zero-order chi connectivity index (χ0) is 20.6. The van der Waals surface area contributed by atoms with Crippen LogP contribution in [0, 0.1) is 0 Å². The maximum atomic E-state index is 12.3. The highest BCUT2D eigenvalue weighted by atomic mass is 19.3. The van der Waals surface area contributed by atoms with Crippen molar-refractivity contribution in [2.45, 2.75) is 26.5 Å². The van der Waals surface area contributed by atoms with Crippen LogP contribution in [0.3, 0.4) is 0 Å². The van der Waals surface area contributed by atoms with E-state index >= 15 is 0 Å². The van der Waals surface area contributed by atoms with Gasteiger partial charge in [0.05, 0.1) is 11.0 Å². The summed E-state index contributed by atoms with van der Waals surface area (Å²) in [6.07, 6.45) is 0.705. The number of fused-ring (bicyclic) bond motifs is 1. The number of nitrogens with zero attached hydrogens (tertiary/aromatic N) is 3. The second-order valence-corrected chi connectivity index (χ2v) is 6.56. The lowest BCUT2D eigenvalue weighted by Crippen LogP contribution is -2.38. The van der Waals surface area contributed by atoms with E-state index < -0.39 is 6.61 Å². The van der Waals surface area contributed by atoms with Gasteiger partial charge in [-0.1, -0.05) is 24.3 Å². The molecule has 0 aliphatic carbocycles. The highest BCUT2D eigenvalue weighted by Crippen LogP contribution is 2.16. The lowest BCUT2D eigenvalue weighted by atomic mass is 10.2. The SMILES string of the molecule is CCNC(=NCCc1nc2ccccc2[nH]1)N(C)Cc1ccc(OC(F)F)cc1. The molecule has 154 valence electrons. The Labute approximate surface area is 168 Å². The average Bonchev–Trinajstić information content (AvgIpc) is 3.11. The van der Waals surface area contributed by atoms with E-state index in [1.54, 1.807) is 24.3 Å². The molecule has 3 aromatic rings. The number of nitrogens with one attached hydrogen (secondary N) is 2. The molecule has 0 spiro atoms. The number of imidazole rings is 1. The van der Waals surface area contributed by atoms with Crippen LogP contribution in [0.1, 0.15) is 18.3 Å². The van der Waals surface area contributed by atoms with E-state index in [9.17, 15) is 8.78 Å². The summed E-state index contributed by atoms with van der Waals surface area (Å²) in [5, 5.41) is 3.27. The lowest BCUT2D eigenvalue weighted by molar-refractivity contribution is -0.0498. The van der Waals surface area contributed by atoms with E-state index in [4.69, 9.17) is 0 Å². The van der Waals surface area contributed by atoms with Gasteiger partial charge in [0.25, 0.3) is 0 Å². The first-order valence-electron chi connectivity index (χ1n) is 9.52. The molecule has 1 aromatic heterocycles. The van der Waals surface area contributed by atoms with Gasteiger partial charge in [-0.25, -0.2) is 4.98 Å². The Hall–Kier alpha value is -3.16. The average molecular weight is 401 g/mol. The van der Waals surface area contributed by atoms with Gasteiger partial charge >= 0.3 is 6.61 Å². The highest BCUT2D eigenvalue weighted by molar-refractivity contribution is 5.79. The molecule has 0 fully saturated rings. The summed E-state index contributed by atoms with van der Waals surface area (Å²) >= 11 is 0. The Morgan fingerprint density at radius 2 is 1.97 bits per heavy atom. The number of aliphatic imine (C=N–C) groups is 1. The molecule has 0 saturated heterocycles. The third-order valence-electron chi connectivity index (χ3n) is 4.31. The molecule has 0 unspecified atom stereocenters. The summed E-state index contributed by atoms with van der Waals surface area (Å²) in [5.41, 5.74) is 2.95. The maximum Gasteiger partial charge on any atom is 0.387 e. The van der Waals surface area contributed by atoms with Gasteiger partial charge < -0.3 is 19.9 Å². The number of alkyl halides is 2. The number of guanidine groups is 1. The number of rotatable bonds is 8. The van der Waals surface area contributed by atoms with Crippen molar-refractivity contribution in [1.82, 2.24) is 20.2 Å². The molecule has 0 aliphatic heterocycles. The zero-order valence-corrected chi connectivity index (χ0v) is 16.5. The van der Waals surface area contributed by atoms with Crippen LogP contribution in [-0.4, -0.2) is 47.6 Å².